The molecule has 0 aromatic heterocycles. The van der Waals surface area contributed by atoms with E-state index in [9.17, 15) is 18.3 Å². The minimum Gasteiger partial charge on any atom is -0.394 e. The van der Waals surface area contributed by atoms with Crippen LogP contribution in [0.1, 0.15) is 24.0 Å². The Bertz CT molecular complexity index is 519. The molecular weight excluding hydrogens is 289 g/mol. The third-order valence-electron chi connectivity index (χ3n) is 3.49. The smallest absolute Gasteiger partial charge is 0.394 e. The standard InChI is InChI=1S/C13H15F3N2OS/c14-13(15,16)8-3-4-11(10(6-8)12(17)20)18-5-1-2-9(18)7-19/h3-4,6,9,19H,1-2,5,7H2,(H2,17,20). The lowest BCUT2D eigenvalue weighted by Gasteiger charge is -2.28. The van der Waals surface area contributed by atoms with Crippen LogP contribution in [0, 0.1) is 0 Å². The van der Waals surface area contributed by atoms with Gasteiger partial charge in [0.2, 0.25) is 0 Å². The maximum absolute atomic E-state index is 12.7. The highest BCUT2D eigenvalue weighted by atomic mass is 32.1. The SMILES string of the molecule is NC(=S)c1cc(C(F)(F)F)ccc1N1CCCC1CO. The largest absolute Gasteiger partial charge is 0.416 e. The second kappa shape index (κ2) is 5.57. The van der Waals surface area contributed by atoms with Crippen molar-refractivity contribution in [2.45, 2.75) is 25.1 Å². The van der Waals surface area contributed by atoms with Gasteiger partial charge in [0, 0.05) is 17.8 Å². The Morgan fingerprint density at radius 2 is 2.15 bits per heavy atom. The zero-order valence-corrected chi connectivity index (χ0v) is 11.5. The molecule has 1 fully saturated rings. The molecule has 1 heterocycles. The second-order valence-electron chi connectivity index (χ2n) is 4.77. The number of anilines is 1. The van der Waals surface area contributed by atoms with E-state index in [0.717, 1.165) is 25.0 Å². The van der Waals surface area contributed by atoms with Crippen molar-refractivity contribution in [1.82, 2.24) is 0 Å². The normalized spacial score (nSPS) is 19.4. The molecule has 1 unspecified atom stereocenters. The highest BCUT2D eigenvalue weighted by Gasteiger charge is 2.33. The summed E-state index contributed by atoms with van der Waals surface area (Å²) in [7, 11) is 0. The van der Waals surface area contributed by atoms with Crippen molar-refractivity contribution in [3.63, 3.8) is 0 Å². The van der Waals surface area contributed by atoms with Gasteiger partial charge in [0.25, 0.3) is 0 Å². The van der Waals surface area contributed by atoms with Gasteiger partial charge in [-0.15, -0.1) is 0 Å². The predicted molar refractivity (Wildman–Crippen MR) is 74.8 cm³/mol. The number of nitrogens with two attached hydrogens (primary N) is 1. The van der Waals surface area contributed by atoms with Crippen molar-refractivity contribution in [2.24, 2.45) is 5.73 Å². The van der Waals surface area contributed by atoms with E-state index in [1.807, 2.05) is 4.90 Å². The number of benzene rings is 1. The third kappa shape index (κ3) is 2.88. The molecule has 0 radical (unpaired) electrons. The molecule has 3 nitrogen and oxygen atoms in total. The molecule has 0 amide bonds. The van der Waals surface area contributed by atoms with E-state index in [0.29, 0.717) is 12.2 Å². The summed E-state index contributed by atoms with van der Waals surface area (Å²) in [5, 5.41) is 9.33. The molecule has 1 aliphatic heterocycles. The Morgan fingerprint density at radius 3 is 2.70 bits per heavy atom. The number of halogens is 3. The van der Waals surface area contributed by atoms with Crippen LogP contribution in [0.25, 0.3) is 0 Å². The number of hydrogen-bond donors (Lipinski definition) is 2. The van der Waals surface area contributed by atoms with Gasteiger partial charge in [-0.25, -0.2) is 0 Å². The number of aliphatic hydroxyl groups is 1. The number of alkyl halides is 3. The number of hydrogen-bond acceptors (Lipinski definition) is 3. The molecule has 20 heavy (non-hydrogen) atoms. The van der Waals surface area contributed by atoms with Crippen molar-refractivity contribution >= 4 is 22.9 Å². The highest BCUT2D eigenvalue weighted by molar-refractivity contribution is 7.80. The van der Waals surface area contributed by atoms with Gasteiger partial charge in [-0.05, 0) is 31.0 Å². The Balaban J connectivity index is 2.46. The number of aliphatic hydroxyl groups excluding tert-OH is 1. The molecule has 1 aromatic carbocycles. The lowest BCUT2D eigenvalue weighted by atomic mass is 10.1. The summed E-state index contributed by atoms with van der Waals surface area (Å²) >= 11 is 4.86. The lowest BCUT2D eigenvalue weighted by Crippen LogP contribution is -2.33. The summed E-state index contributed by atoms with van der Waals surface area (Å²) in [4.78, 5) is 1.80. The first-order chi connectivity index (χ1) is 9.34. The van der Waals surface area contributed by atoms with E-state index in [2.05, 4.69) is 0 Å². The molecule has 1 aliphatic rings. The van der Waals surface area contributed by atoms with E-state index in [1.165, 1.54) is 6.07 Å². The number of thiocarbonyl (C=S) groups is 1. The van der Waals surface area contributed by atoms with Crippen LogP contribution < -0.4 is 10.6 Å². The third-order valence-corrected chi connectivity index (χ3v) is 3.71. The molecule has 2 rings (SSSR count). The molecule has 0 aliphatic carbocycles. The van der Waals surface area contributed by atoms with Crippen LogP contribution in [0.2, 0.25) is 0 Å². The van der Waals surface area contributed by atoms with Crippen LogP contribution in [-0.4, -0.2) is 29.3 Å². The van der Waals surface area contributed by atoms with E-state index in [-0.39, 0.29) is 23.2 Å². The van der Waals surface area contributed by atoms with Gasteiger partial charge in [0.05, 0.1) is 18.2 Å². The summed E-state index contributed by atoms with van der Waals surface area (Å²) in [6, 6.07) is 3.28. The summed E-state index contributed by atoms with van der Waals surface area (Å²) in [5.41, 5.74) is 5.54. The maximum Gasteiger partial charge on any atom is 0.416 e. The van der Waals surface area contributed by atoms with Gasteiger partial charge in [-0.3, -0.25) is 0 Å². The fourth-order valence-corrected chi connectivity index (χ4v) is 2.67. The molecule has 1 atom stereocenters. The molecule has 7 heteroatoms. The van der Waals surface area contributed by atoms with Gasteiger partial charge in [-0.2, -0.15) is 13.2 Å². The summed E-state index contributed by atoms with van der Waals surface area (Å²) in [6.45, 7) is 0.629. The van der Waals surface area contributed by atoms with Crippen molar-refractivity contribution in [2.75, 3.05) is 18.1 Å². The van der Waals surface area contributed by atoms with Crippen molar-refractivity contribution in [1.29, 1.82) is 0 Å². The fraction of sp³-hybridized carbons (Fsp3) is 0.462. The first-order valence-corrected chi connectivity index (χ1v) is 6.64. The predicted octanol–water partition coefficient (Wildman–Crippen LogP) is 2.30. The fourth-order valence-electron chi connectivity index (χ4n) is 2.50. The Labute approximate surface area is 120 Å². The summed E-state index contributed by atoms with van der Waals surface area (Å²) in [6.07, 6.45) is -2.75. The maximum atomic E-state index is 12.7. The first kappa shape index (κ1) is 15.1. The van der Waals surface area contributed by atoms with Crippen LogP contribution in [0.3, 0.4) is 0 Å². The van der Waals surface area contributed by atoms with Gasteiger partial charge in [-0.1, -0.05) is 12.2 Å². The zero-order valence-electron chi connectivity index (χ0n) is 10.7. The Morgan fingerprint density at radius 1 is 1.45 bits per heavy atom. The van der Waals surface area contributed by atoms with Gasteiger partial charge in [0.1, 0.15) is 4.99 Å². The van der Waals surface area contributed by atoms with Crippen molar-refractivity contribution in [3.05, 3.63) is 29.3 Å². The molecular formula is C13H15F3N2OS. The van der Waals surface area contributed by atoms with E-state index < -0.39 is 11.7 Å². The zero-order chi connectivity index (χ0) is 14.9. The van der Waals surface area contributed by atoms with E-state index >= 15 is 0 Å². The van der Waals surface area contributed by atoms with Crippen LogP contribution in [-0.2, 0) is 6.18 Å². The van der Waals surface area contributed by atoms with Gasteiger partial charge >= 0.3 is 6.18 Å². The topological polar surface area (TPSA) is 49.5 Å². The second-order valence-corrected chi connectivity index (χ2v) is 5.21. The highest BCUT2D eigenvalue weighted by Crippen LogP contribution is 2.35. The monoisotopic (exact) mass is 304 g/mol. The molecule has 0 bridgehead atoms. The van der Waals surface area contributed by atoms with Crippen molar-refractivity contribution in [3.8, 4) is 0 Å². The van der Waals surface area contributed by atoms with E-state index in [1.54, 1.807) is 0 Å². The molecule has 0 spiro atoms. The Hall–Kier alpha value is -1.34. The average molecular weight is 304 g/mol. The summed E-state index contributed by atoms with van der Waals surface area (Å²) < 4.78 is 38.2. The minimum absolute atomic E-state index is 0.0439. The summed E-state index contributed by atoms with van der Waals surface area (Å²) in [5.74, 6) is 0. The quantitative estimate of drug-likeness (QED) is 0.841. The molecule has 1 aromatic rings. The molecule has 1 saturated heterocycles. The van der Waals surface area contributed by atoms with Crippen LogP contribution in [0.15, 0.2) is 18.2 Å². The Kier molecular flexibility index (Phi) is 4.19. The lowest BCUT2D eigenvalue weighted by molar-refractivity contribution is -0.137. The number of rotatable bonds is 3. The van der Waals surface area contributed by atoms with Gasteiger partial charge in [0.15, 0.2) is 0 Å². The minimum atomic E-state index is -4.43. The van der Waals surface area contributed by atoms with Crippen LogP contribution in [0.4, 0.5) is 18.9 Å². The van der Waals surface area contributed by atoms with Gasteiger partial charge < -0.3 is 15.7 Å². The van der Waals surface area contributed by atoms with Crippen LogP contribution >= 0.6 is 12.2 Å². The number of nitrogens with zero attached hydrogens (tertiary/aromatic N) is 1. The molecule has 0 saturated carbocycles. The average Bonchev–Trinajstić information content (AvgIpc) is 2.84. The van der Waals surface area contributed by atoms with E-state index in [4.69, 9.17) is 18.0 Å². The van der Waals surface area contributed by atoms with Crippen molar-refractivity contribution < 1.29 is 18.3 Å². The first-order valence-electron chi connectivity index (χ1n) is 6.23. The molecule has 110 valence electrons. The van der Waals surface area contributed by atoms with Crippen LogP contribution in [0.5, 0.6) is 0 Å². The molecule has 3 N–H and O–H groups in total.